The Hall–Kier alpha value is 1.05. The first kappa shape index (κ1) is 70.6. The molecule has 0 saturated heterocycles. The van der Waals surface area contributed by atoms with Gasteiger partial charge in [-0.2, -0.15) is 0 Å². The Morgan fingerprint density at radius 3 is 0.418 bits per heavy atom. The van der Waals surface area contributed by atoms with Crippen LogP contribution in [0.2, 0.25) is 0 Å². The SMILES string of the molecule is CCCCCC[P+](=O)[O-].CCCCCC[P+](=O)[O-].CCCCCC[P+](=O)[O-].CCCCCC[P+](=O)[O-].CCCCCC[P+](=O)[O-].CCCCCC[P+](=O)[O-].[Mo]. The van der Waals surface area contributed by atoms with Crippen molar-refractivity contribution in [2.45, 2.75) is 196 Å². The maximum Gasteiger partial charge on any atom is 0.308 e. The maximum absolute atomic E-state index is 10.00. The van der Waals surface area contributed by atoms with Crippen LogP contribution in [-0.4, -0.2) is 37.0 Å². The van der Waals surface area contributed by atoms with Crippen molar-refractivity contribution in [2.24, 2.45) is 0 Å². The molecule has 0 bridgehead atoms. The number of hydrogen-bond acceptors (Lipinski definition) is 12. The van der Waals surface area contributed by atoms with E-state index in [1.54, 1.807) is 0 Å². The Bertz CT molecular complexity index is 677. The summed E-state index contributed by atoms with van der Waals surface area (Å²) in [5, 5.41) is 0. The van der Waals surface area contributed by atoms with Gasteiger partial charge in [-0.05, 0) is 77.0 Å². The van der Waals surface area contributed by atoms with Gasteiger partial charge in [-0.25, -0.2) is 0 Å². The van der Waals surface area contributed by atoms with E-state index in [2.05, 4.69) is 41.5 Å². The van der Waals surface area contributed by atoms with Gasteiger partial charge in [-0.1, -0.05) is 146 Å². The second-order valence-electron chi connectivity index (χ2n) is 12.7. The Morgan fingerprint density at radius 1 is 0.236 bits per heavy atom. The van der Waals surface area contributed by atoms with Gasteiger partial charge in [0, 0.05) is 21.1 Å². The van der Waals surface area contributed by atoms with Gasteiger partial charge in [-0.3, -0.25) is 0 Å². The number of unbranched alkanes of at least 4 members (excludes halogenated alkanes) is 18. The van der Waals surface area contributed by atoms with Gasteiger partial charge >= 0.3 is 48.2 Å². The van der Waals surface area contributed by atoms with Crippen molar-refractivity contribution in [1.29, 1.82) is 0 Å². The van der Waals surface area contributed by atoms with Crippen molar-refractivity contribution in [1.82, 2.24) is 0 Å². The predicted molar refractivity (Wildman–Crippen MR) is 220 cm³/mol. The van der Waals surface area contributed by atoms with Crippen LogP contribution in [-0.2, 0) is 48.5 Å². The minimum absolute atomic E-state index is 0. The summed E-state index contributed by atoms with van der Waals surface area (Å²) in [6, 6.07) is 0. The van der Waals surface area contributed by atoms with E-state index < -0.39 is 48.2 Å². The molecule has 6 unspecified atom stereocenters. The van der Waals surface area contributed by atoms with Gasteiger partial charge in [0.05, 0.1) is 0 Å². The fourth-order valence-corrected chi connectivity index (χ4v) is 6.90. The van der Waals surface area contributed by atoms with Crippen molar-refractivity contribution in [2.75, 3.05) is 37.0 Å². The van der Waals surface area contributed by atoms with Crippen LogP contribution in [0.4, 0.5) is 0 Å². The molecule has 0 aliphatic rings. The molecule has 0 spiro atoms. The molecule has 6 atom stereocenters. The van der Waals surface area contributed by atoms with Gasteiger partial charge < -0.3 is 29.4 Å². The summed E-state index contributed by atoms with van der Waals surface area (Å²) < 4.78 is 60.0. The Balaban J connectivity index is -0.000000100. The van der Waals surface area contributed by atoms with Crippen LogP contribution in [0.5, 0.6) is 0 Å². The van der Waals surface area contributed by atoms with Crippen molar-refractivity contribution in [3.8, 4) is 0 Å². The fourth-order valence-electron chi connectivity index (χ4n) is 4.01. The molecule has 19 heteroatoms. The van der Waals surface area contributed by atoms with Gasteiger partial charge in [0.2, 0.25) is 0 Å². The van der Waals surface area contributed by atoms with Crippen molar-refractivity contribution >= 4 is 48.2 Å². The van der Waals surface area contributed by atoms with E-state index in [1.165, 1.54) is 0 Å². The van der Waals surface area contributed by atoms with Crippen LogP contribution in [0.15, 0.2) is 0 Å². The minimum Gasteiger partial charge on any atom is -0.596 e. The first-order valence-corrected chi connectivity index (χ1v) is 28.5. The van der Waals surface area contributed by atoms with Crippen LogP contribution >= 0.6 is 48.2 Å². The Morgan fingerprint density at radius 2 is 0.345 bits per heavy atom. The molecular weight excluding hydrogens is 906 g/mol. The van der Waals surface area contributed by atoms with Gasteiger partial charge in [0.15, 0.2) is 0 Å². The van der Waals surface area contributed by atoms with Crippen LogP contribution < -0.4 is 29.4 Å². The molecule has 0 saturated carbocycles. The number of hydrogen-bond donors (Lipinski definition) is 0. The second-order valence-corrected chi connectivity index (χ2v) is 19.4. The van der Waals surface area contributed by atoms with E-state index in [0.717, 1.165) is 154 Å². The summed E-state index contributed by atoms with van der Waals surface area (Å²) in [6.45, 7) is 12.7. The monoisotopic (exact) mass is 986 g/mol. The third kappa shape index (κ3) is 113. The van der Waals surface area contributed by atoms with Crippen molar-refractivity contribution in [3.05, 3.63) is 0 Å². The van der Waals surface area contributed by atoms with Crippen molar-refractivity contribution in [3.63, 3.8) is 0 Å². The molecule has 0 fully saturated rings. The quantitative estimate of drug-likeness (QED) is 0.0371. The zero-order valence-electron chi connectivity index (χ0n) is 35.2. The third-order valence-corrected chi connectivity index (χ3v) is 11.3. The summed E-state index contributed by atoms with van der Waals surface area (Å²) in [6.07, 6.45) is 27.5. The molecular formula is C36H78MoO12P6. The van der Waals surface area contributed by atoms with E-state index in [4.69, 9.17) is 0 Å². The van der Waals surface area contributed by atoms with Crippen LogP contribution in [0, 0.1) is 0 Å². The molecule has 55 heavy (non-hydrogen) atoms. The summed E-state index contributed by atoms with van der Waals surface area (Å²) in [7, 11) is -12.7. The van der Waals surface area contributed by atoms with Gasteiger partial charge in [0.1, 0.15) is 37.0 Å². The van der Waals surface area contributed by atoms with Gasteiger partial charge in [0.25, 0.3) is 0 Å². The minimum atomic E-state index is -2.12. The average molecular weight is 985 g/mol. The number of rotatable bonds is 30. The molecule has 0 amide bonds. The predicted octanol–water partition coefficient (Wildman–Crippen LogP) is 10.0. The molecule has 0 rings (SSSR count). The van der Waals surface area contributed by atoms with E-state index in [-0.39, 0.29) is 21.1 Å². The van der Waals surface area contributed by atoms with Crippen LogP contribution in [0.25, 0.3) is 0 Å². The zero-order valence-corrected chi connectivity index (χ0v) is 42.6. The van der Waals surface area contributed by atoms with E-state index in [1.807, 2.05) is 0 Å². The van der Waals surface area contributed by atoms with E-state index >= 15 is 0 Å². The molecule has 0 N–H and O–H groups in total. The van der Waals surface area contributed by atoms with E-state index in [0.29, 0.717) is 37.0 Å². The smallest absolute Gasteiger partial charge is 0.308 e. The molecule has 0 radical (unpaired) electrons. The molecule has 0 heterocycles. The molecule has 0 aromatic carbocycles. The molecule has 0 aliphatic carbocycles. The largest absolute Gasteiger partial charge is 0.596 e. The molecule has 0 aliphatic heterocycles. The Labute approximate surface area is 356 Å². The molecule has 0 aromatic rings. The van der Waals surface area contributed by atoms with Crippen LogP contribution in [0.3, 0.4) is 0 Å². The van der Waals surface area contributed by atoms with Crippen molar-refractivity contribution < 1.29 is 77.8 Å². The zero-order chi connectivity index (χ0) is 42.7. The molecule has 330 valence electrons. The summed E-state index contributed by atoms with van der Waals surface area (Å²) in [5.74, 6) is 0. The summed E-state index contributed by atoms with van der Waals surface area (Å²) >= 11 is 0. The topological polar surface area (TPSA) is 241 Å². The average Bonchev–Trinajstić information content (AvgIpc) is 3.10. The summed E-state index contributed by atoms with van der Waals surface area (Å²) in [4.78, 5) is 60.0. The maximum atomic E-state index is 10.00. The van der Waals surface area contributed by atoms with E-state index in [9.17, 15) is 56.8 Å². The normalized spacial score (nSPS) is 11.3. The first-order chi connectivity index (χ1) is 25.6. The Kier molecular flexibility index (Phi) is 85.8. The standard InChI is InChI=1S/6C6H13O2P.Mo/c6*1-2-3-4-5-6-9(7)8;/h6*2-6H2,1H3;. The second kappa shape index (κ2) is 66.8. The first-order valence-electron chi connectivity index (χ1n) is 20.3. The fraction of sp³-hybridized carbons (Fsp3) is 1.00. The molecule has 0 aromatic heterocycles. The van der Waals surface area contributed by atoms with Gasteiger partial charge in [-0.15, -0.1) is 0 Å². The third-order valence-electron chi connectivity index (χ3n) is 7.17. The summed E-state index contributed by atoms with van der Waals surface area (Å²) in [5.41, 5.74) is 0. The van der Waals surface area contributed by atoms with Crippen LogP contribution in [0.1, 0.15) is 196 Å². The molecule has 12 nitrogen and oxygen atoms in total.